The molecule has 23 heavy (non-hydrogen) atoms. The van der Waals surface area contributed by atoms with E-state index in [-0.39, 0.29) is 22.0 Å². The van der Waals surface area contributed by atoms with Crippen LogP contribution < -0.4 is 10.0 Å². The number of amides is 1. The normalized spacial score (nSPS) is 11.3. The van der Waals surface area contributed by atoms with Gasteiger partial charge in [0.1, 0.15) is 4.90 Å². The molecule has 2 N–H and O–H groups in total. The van der Waals surface area contributed by atoms with Crippen molar-refractivity contribution in [3.63, 3.8) is 0 Å². The van der Waals surface area contributed by atoms with Gasteiger partial charge in [0.2, 0.25) is 10.0 Å². The maximum absolute atomic E-state index is 12.2. The Kier molecular flexibility index (Phi) is 5.64. The van der Waals surface area contributed by atoms with Crippen molar-refractivity contribution in [1.82, 2.24) is 10.0 Å². The van der Waals surface area contributed by atoms with Gasteiger partial charge >= 0.3 is 0 Å². The Balaban J connectivity index is 2.21. The number of rotatable bonds is 5. The standard InChI is InChI=1S/C15H14Cl2N2O3S/c1-18-23(21,22)14-8-10(6-7-13(14)17)15(20)19-9-11-4-2-3-5-12(11)16/h2-8,18H,9H2,1H3,(H,19,20). The Morgan fingerprint density at radius 3 is 2.43 bits per heavy atom. The Bertz CT molecular complexity index is 838. The maximum Gasteiger partial charge on any atom is 0.251 e. The van der Waals surface area contributed by atoms with Gasteiger partial charge in [-0.15, -0.1) is 0 Å². The molecular formula is C15H14Cl2N2O3S. The zero-order chi connectivity index (χ0) is 17.0. The van der Waals surface area contributed by atoms with Gasteiger partial charge in [0, 0.05) is 17.1 Å². The van der Waals surface area contributed by atoms with Crippen LogP contribution in [0, 0.1) is 0 Å². The molecule has 8 heteroatoms. The molecule has 0 aliphatic carbocycles. The zero-order valence-electron chi connectivity index (χ0n) is 12.1. The predicted molar refractivity (Wildman–Crippen MR) is 90.3 cm³/mol. The average Bonchev–Trinajstić information content (AvgIpc) is 2.54. The molecule has 0 fully saturated rings. The van der Waals surface area contributed by atoms with E-state index < -0.39 is 15.9 Å². The Morgan fingerprint density at radius 2 is 1.78 bits per heavy atom. The van der Waals surface area contributed by atoms with Crippen LogP contribution in [0.25, 0.3) is 0 Å². The van der Waals surface area contributed by atoms with E-state index in [2.05, 4.69) is 10.0 Å². The molecule has 2 aromatic carbocycles. The molecule has 122 valence electrons. The summed E-state index contributed by atoms with van der Waals surface area (Å²) in [6.07, 6.45) is 0. The van der Waals surface area contributed by atoms with Crippen molar-refractivity contribution in [2.24, 2.45) is 0 Å². The van der Waals surface area contributed by atoms with E-state index in [9.17, 15) is 13.2 Å². The molecule has 0 bridgehead atoms. The molecule has 0 aromatic heterocycles. The van der Waals surface area contributed by atoms with Gasteiger partial charge in [-0.05, 0) is 36.9 Å². The monoisotopic (exact) mass is 372 g/mol. The van der Waals surface area contributed by atoms with Crippen molar-refractivity contribution in [3.8, 4) is 0 Å². The third-order valence-electron chi connectivity index (χ3n) is 3.15. The summed E-state index contributed by atoms with van der Waals surface area (Å²) in [5, 5.41) is 3.28. The van der Waals surface area contributed by atoms with Gasteiger partial charge in [-0.25, -0.2) is 13.1 Å². The van der Waals surface area contributed by atoms with Crippen LogP contribution in [0.3, 0.4) is 0 Å². The van der Waals surface area contributed by atoms with E-state index in [1.807, 2.05) is 6.07 Å². The average molecular weight is 373 g/mol. The second kappa shape index (κ2) is 7.31. The molecule has 1 amide bonds. The summed E-state index contributed by atoms with van der Waals surface area (Å²) in [7, 11) is -2.47. The molecule has 0 unspecified atom stereocenters. The lowest BCUT2D eigenvalue weighted by Crippen LogP contribution is -2.24. The van der Waals surface area contributed by atoms with Gasteiger partial charge in [-0.1, -0.05) is 41.4 Å². The highest BCUT2D eigenvalue weighted by Gasteiger charge is 2.18. The van der Waals surface area contributed by atoms with E-state index in [1.54, 1.807) is 18.2 Å². The van der Waals surface area contributed by atoms with Gasteiger partial charge < -0.3 is 5.32 Å². The number of nitrogens with one attached hydrogen (secondary N) is 2. The molecule has 0 heterocycles. The van der Waals surface area contributed by atoms with E-state index in [0.717, 1.165) is 5.56 Å². The van der Waals surface area contributed by atoms with Crippen molar-refractivity contribution < 1.29 is 13.2 Å². The Hall–Kier alpha value is -1.60. The smallest absolute Gasteiger partial charge is 0.251 e. The quantitative estimate of drug-likeness (QED) is 0.846. The van der Waals surface area contributed by atoms with Crippen LogP contribution >= 0.6 is 23.2 Å². The molecule has 0 aliphatic heterocycles. The van der Waals surface area contributed by atoms with Crippen LogP contribution in [-0.2, 0) is 16.6 Å². The molecule has 2 rings (SSSR count). The summed E-state index contributed by atoms with van der Waals surface area (Å²) in [5.74, 6) is -0.422. The third kappa shape index (κ3) is 4.23. The molecule has 2 aromatic rings. The summed E-state index contributed by atoms with van der Waals surface area (Å²) >= 11 is 11.9. The second-order valence-corrected chi connectivity index (χ2v) is 7.30. The Labute approximate surface area is 144 Å². The SMILES string of the molecule is CNS(=O)(=O)c1cc(C(=O)NCc2ccccc2Cl)ccc1Cl. The highest BCUT2D eigenvalue weighted by molar-refractivity contribution is 7.89. The fourth-order valence-electron chi connectivity index (χ4n) is 1.88. The minimum absolute atomic E-state index is 0.0435. The summed E-state index contributed by atoms with van der Waals surface area (Å²) in [5.41, 5.74) is 0.954. The van der Waals surface area contributed by atoms with Gasteiger partial charge in [-0.2, -0.15) is 0 Å². The van der Waals surface area contributed by atoms with E-state index >= 15 is 0 Å². The first-order chi connectivity index (χ1) is 10.8. The minimum Gasteiger partial charge on any atom is -0.348 e. The maximum atomic E-state index is 12.2. The second-order valence-electron chi connectivity index (χ2n) is 4.63. The lowest BCUT2D eigenvalue weighted by molar-refractivity contribution is 0.0950. The van der Waals surface area contributed by atoms with E-state index in [1.165, 1.54) is 25.2 Å². The van der Waals surface area contributed by atoms with Crippen LogP contribution in [-0.4, -0.2) is 21.4 Å². The number of carbonyl (C=O) groups is 1. The van der Waals surface area contributed by atoms with Crippen molar-refractivity contribution in [3.05, 3.63) is 63.6 Å². The van der Waals surface area contributed by atoms with Crippen LogP contribution in [0.1, 0.15) is 15.9 Å². The molecule has 0 aliphatic rings. The predicted octanol–water partition coefficient (Wildman–Crippen LogP) is 2.83. The summed E-state index contributed by atoms with van der Waals surface area (Å²) in [4.78, 5) is 12.0. The largest absolute Gasteiger partial charge is 0.348 e. The van der Waals surface area contributed by atoms with Crippen molar-refractivity contribution in [2.75, 3.05) is 7.05 Å². The number of carbonyl (C=O) groups excluding carboxylic acids is 1. The number of benzene rings is 2. The zero-order valence-corrected chi connectivity index (χ0v) is 14.5. The molecule has 0 spiro atoms. The number of halogens is 2. The van der Waals surface area contributed by atoms with Crippen LogP contribution in [0.4, 0.5) is 0 Å². The Morgan fingerprint density at radius 1 is 1.09 bits per heavy atom. The van der Waals surface area contributed by atoms with Crippen LogP contribution in [0.2, 0.25) is 10.0 Å². The molecule has 5 nitrogen and oxygen atoms in total. The van der Waals surface area contributed by atoms with E-state index in [0.29, 0.717) is 5.02 Å². The van der Waals surface area contributed by atoms with Crippen LogP contribution in [0.5, 0.6) is 0 Å². The molecule has 0 atom stereocenters. The van der Waals surface area contributed by atoms with E-state index in [4.69, 9.17) is 23.2 Å². The summed E-state index contributed by atoms with van der Waals surface area (Å²) in [6, 6.07) is 11.2. The number of hydrogen-bond donors (Lipinski definition) is 2. The summed E-state index contributed by atoms with van der Waals surface area (Å²) in [6.45, 7) is 0.231. The first-order valence-corrected chi connectivity index (χ1v) is 8.84. The van der Waals surface area contributed by atoms with Gasteiger partial charge in [0.25, 0.3) is 5.91 Å². The van der Waals surface area contributed by atoms with Crippen molar-refractivity contribution in [2.45, 2.75) is 11.4 Å². The lowest BCUT2D eigenvalue weighted by Gasteiger charge is -2.09. The highest BCUT2D eigenvalue weighted by atomic mass is 35.5. The minimum atomic E-state index is -3.74. The molecular weight excluding hydrogens is 359 g/mol. The summed E-state index contributed by atoms with van der Waals surface area (Å²) < 4.78 is 25.9. The van der Waals surface area contributed by atoms with Crippen molar-refractivity contribution in [1.29, 1.82) is 0 Å². The highest BCUT2D eigenvalue weighted by Crippen LogP contribution is 2.22. The first kappa shape index (κ1) is 17.7. The van der Waals surface area contributed by atoms with Gasteiger partial charge in [0.15, 0.2) is 0 Å². The topological polar surface area (TPSA) is 75.3 Å². The van der Waals surface area contributed by atoms with Crippen molar-refractivity contribution >= 4 is 39.1 Å². The first-order valence-electron chi connectivity index (χ1n) is 6.60. The van der Waals surface area contributed by atoms with Gasteiger partial charge in [-0.3, -0.25) is 4.79 Å². The lowest BCUT2D eigenvalue weighted by atomic mass is 10.2. The van der Waals surface area contributed by atoms with Gasteiger partial charge in [0.05, 0.1) is 5.02 Å². The fourth-order valence-corrected chi connectivity index (χ4v) is 3.33. The molecule has 0 saturated heterocycles. The number of hydrogen-bond acceptors (Lipinski definition) is 3. The molecule has 0 radical (unpaired) electrons. The number of sulfonamides is 1. The third-order valence-corrected chi connectivity index (χ3v) is 5.41. The van der Waals surface area contributed by atoms with Crippen LogP contribution in [0.15, 0.2) is 47.4 Å². The molecule has 0 saturated carbocycles. The fraction of sp³-hybridized carbons (Fsp3) is 0.133.